The van der Waals surface area contributed by atoms with Crippen LogP contribution in [0.4, 0.5) is 5.69 Å². The van der Waals surface area contributed by atoms with Crippen LogP contribution in [-0.4, -0.2) is 15.4 Å². The molecule has 1 amide bonds. The van der Waals surface area contributed by atoms with E-state index in [0.29, 0.717) is 4.80 Å². The number of thiophene rings is 1. The molecule has 1 aromatic carbocycles. The Kier molecular flexibility index (Phi) is 4.18. The smallest absolute Gasteiger partial charge is 0.272 e. The molecular formula is C15H11N3O3S2. The molecule has 0 unspecified atom stereocenters. The number of nitro groups is 1. The van der Waals surface area contributed by atoms with E-state index >= 15 is 0 Å². The molecule has 3 aromatic rings. The average Bonchev–Trinajstić information content (AvgIpc) is 3.14. The van der Waals surface area contributed by atoms with Gasteiger partial charge in [-0.2, -0.15) is 4.99 Å². The zero-order valence-electron chi connectivity index (χ0n) is 12.0. The summed E-state index contributed by atoms with van der Waals surface area (Å²) in [5.74, 6) is -0.366. The van der Waals surface area contributed by atoms with Crippen LogP contribution < -0.4 is 4.80 Å². The highest BCUT2D eigenvalue weighted by molar-refractivity contribution is 7.16. The Hall–Kier alpha value is -2.58. The summed E-state index contributed by atoms with van der Waals surface area (Å²) in [6, 6.07) is 8.41. The number of fused-ring (bicyclic) bond motifs is 1. The molecule has 0 spiro atoms. The highest BCUT2D eigenvalue weighted by atomic mass is 32.1. The van der Waals surface area contributed by atoms with Gasteiger partial charge in [0.05, 0.1) is 15.1 Å². The lowest BCUT2D eigenvalue weighted by Gasteiger charge is -1.94. The van der Waals surface area contributed by atoms with Gasteiger partial charge >= 0.3 is 0 Å². The minimum absolute atomic E-state index is 0.0230. The van der Waals surface area contributed by atoms with Gasteiger partial charge in [-0.05, 0) is 23.6 Å². The lowest BCUT2D eigenvalue weighted by molar-refractivity contribution is -0.384. The number of rotatable bonds is 3. The van der Waals surface area contributed by atoms with Crippen molar-refractivity contribution in [2.75, 3.05) is 0 Å². The van der Waals surface area contributed by atoms with Crippen molar-refractivity contribution in [3.8, 4) is 0 Å². The molecule has 0 fully saturated rings. The Bertz CT molecular complexity index is 981. The maximum Gasteiger partial charge on any atom is 0.272 e. The maximum absolute atomic E-state index is 11.9. The topological polar surface area (TPSA) is 77.5 Å². The number of benzene rings is 1. The Labute approximate surface area is 138 Å². The molecule has 0 bridgehead atoms. The van der Waals surface area contributed by atoms with Crippen molar-refractivity contribution >= 4 is 50.6 Å². The predicted octanol–water partition coefficient (Wildman–Crippen LogP) is 3.35. The number of hydrogen-bond donors (Lipinski definition) is 0. The number of carbonyl (C=O) groups is 1. The summed E-state index contributed by atoms with van der Waals surface area (Å²) in [7, 11) is 1.78. The second kappa shape index (κ2) is 6.27. The molecule has 23 heavy (non-hydrogen) atoms. The first-order chi connectivity index (χ1) is 11.0. The zero-order valence-corrected chi connectivity index (χ0v) is 13.6. The number of carbonyl (C=O) groups excluding carboxylic acids is 1. The Morgan fingerprint density at radius 3 is 2.91 bits per heavy atom. The van der Waals surface area contributed by atoms with E-state index in [4.69, 9.17) is 0 Å². The molecule has 0 aliphatic rings. The number of hydrogen-bond acceptors (Lipinski definition) is 5. The minimum Gasteiger partial charge on any atom is -0.319 e. The molecule has 3 rings (SSSR count). The monoisotopic (exact) mass is 345 g/mol. The minimum atomic E-state index is -0.440. The highest BCUT2D eigenvalue weighted by Gasteiger charge is 2.10. The fraction of sp³-hybridized carbons (Fsp3) is 0.0667. The molecule has 0 atom stereocenters. The van der Waals surface area contributed by atoms with Crippen molar-refractivity contribution < 1.29 is 9.72 Å². The van der Waals surface area contributed by atoms with Gasteiger partial charge in [0.25, 0.3) is 11.6 Å². The van der Waals surface area contributed by atoms with E-state index in [1.165, 1.54) is 40.9 Å². The Morgan fingerprint density at radius 1 is 1.39 bits per heavy atom. The van der Waals surface area contributed by atoms with Crippen LogP contribution in [0.15, 0.2) is 46.8 Å². The second-order valence-corrected chi connectivity index (χ2v) is 6.64. The molecule has 116 valence electrons. The van der Waals surface area contributed by atoms with Gasteiger partial charge in [0, 0.05) is 30.1 Å². The zero-order chi connectivity index (χ0) is 16.4. The first kappa shape index (κ1) is 15.3. The van der Waals surface area contributed by atoms with E-state index in [-0.39, 0.29) is 11.6 Å². The first-order valence-electron chi connectivity index (χ1n) is 6.59. The van der Waals surface area contributed by atoms with Crippen LogP contribution in [-0.2, 0) is 11.8 Å². The molecule has 6 nitrogen and oxygen atoms in total. The van der Waals surface area contributed by atoms with Crippen LogP contribution in [0.2, 0.25) is 0 Å². The standard InChI is InChI=1S/C15H11N3O3S2/c1-17-12-6-4-10(18(20)21)9-13(12)23-15(17)16-14(19)7-5-11-3-2-8-22-11/h2-9H,1H3. The third kappa shape index (κ3) is 3.27. The summed E-state index contributed by atoms with van der Waals surface area (Å²) >= 11 is 2.78. The van der Waals surface area contributed by atoms with Crippen LogP contribution in [0.25, 0.3) is 16.3 Å². The number of nitro benzene ring substituents is 1. The molecule has 0 N–H and O–H groups in total. The van der Waals surface area contributed by atoms with Crippen LogP contribution in [0.5, 0.6) is 0 Å². The van der Waals surface area contributed by atoms with Gasteiger partial charge in [-0.25, -0.2) is 0 Å². The summed E-state index contributed by atoms with van der Waals surface area (Å²) in [5, 5.41) is 12.8. The highest BCUT2D eigenvalue weighted by Crippen LogP contribution is 2.22. The summed E-state index contributed by atoms with van der Waals surface area (Å²) in [4.78, 5) is 27.9. The van der Waals surface area contributed by atoms with Crippen LogP contribution in [0.1, 0.15) is 4.88 Å². The third-order valence-electron chi connectivity index (χ3n) is 3.14. The van der Waals surface area contributed by atoms with Gasteiger partial charge in [0.1, 0.15) is 0 Å². The van der Waals surface area contributed by atoms with Crippen molar-refractivity contribution in [3.63, 3.8) is 0 Å². The van der Waals surface area contributed by atoms with Gasteiger partial charge in [0.2, 0.25) is 0 Å². The summed E-state index contributed by atoms with van der Waals surface area (Å²) in [5.41, 5.74) is 0.823. The van der Waals surface area contributed by atoms with Crippen molar-refractivity contribution in [1.29, 1.82) is 0 Å². The largest absolute Gasteiger partial charge is 0.319 e. The van der Waals surface area contributed by atoms with Gasteiger partial charge in [-0.1, -0.05) is 17.4 Å². The molecular weight excluding hydrogens is 334 g/mol. The van der Waals surface area contributed by atoms with Crippen molar-refractivity contribution in [2.45, 2.75) is 0 Å². The van der Waals surface area contributed by atoms with E-state index in [1.807, 2.05) is 17.5 Å². The van der Waals surface area contributed by atoms with Crippen LogP contribution in [0, 0.1) is 10.1 Å². The van der Waals surface area contributed by atoms with E-state index in [9.17, 15) is 14.9 Å². The molecule has 0 radical (unpaired) electrons. The van der Waals surface area contributed by atoms with Gasteiger partial charge in [-0.3, -0.25) is 14.9 Å². The Balaban J connectivity index is 1.97. The van der Waals surface area contributed by atoms with Crippen molar-refractivity contribution in [2.24, 2.45) is 12.0 Å². The fourth-order valence-corrected chi connectivity index (χ4v) is 3.69. The number of aryl methyl sites for hydroxylation is 1. The molecule has 0 aliphatic carbocycles. The average molecular weight is 345 g/mol. The SMILES string of the molecule is Cn1c(=NC(=O)C=Cc2cccs2)sc2cc([N+](=O)[O-])ccc21. The van der Waals surface area contributed by atoms with E-state index < -0.39 is 4.92 Å². The second-order valence-electron chi connectivity index (χ2n) is 4.65. The van der Waals surface area contributed by atoms with E-state index in [2.05, 4.69) is 4.99 Å². The lowest BCUT2D eigenvalue weighted by Crippen LogP contribution is -2.12. The van der Waals surface area contributed by atoms with Gasteiger partial charge in [-0.15, -0.1) is 11.3 Å². The van der Waals surface area contributed by atoms with Crippen molar-refractivity contribution in [1.82, 2.24) is 4.57 Å². The van der Waals surface area contributed by atoms with Crippen LogP contribution in [0.3, 0.4) is 0 Å². The Morgan fingerprint density at radius 2 is 2.22 bits per heavy atom. The number of aromatic nitrogens is 1. The van der Waals surface area contributed by atoms with Gasteiger partial charge < -0.3 is 4.57 Å². The quantitative estimate of drug-likeness (QED) is 0.415. The molecule has 0 saturated carbocycles. The number of non-ortho nitro benzene ring substituents is 1. The third-order valence-corrected chi connectivity index (χ3v) is 5.08. The summed E-state index contributed by atoms with van der Waals surface area (Å²) < 4.78 is 2.47. The van der Waals surface area contributed by atoms with Gasteiger partial charge in [0.15, 0.2) is 4.80 Å². The number of thiazole rings is 1. The van der Waals surface area contributed by atoms with Crippen LogP contribution >= 0.6 is 22.7 Å². The molecule has 0 aliphatic heterocycles. The molecule has 8 heteroatoms. The normalized spacial score (nSPS) is 12.3. The predicted molar refractivity (Wildman–Crippen MR) is 91.4 cm³/mol. The van der Waals surface area contributed by atoms with Crippen molar-refractivity contribution in [3.05, 3.63) is 61.6 Å². The first-order valence-corrected chi connectivity index (χ1v) is 8.28. The number of amides is 1. The summed E-state index contributed by atoms with van der Waals surface area (Å²) in [6.07, 6.45) is 3.13. The maximum atomic E-state index is 11.9. The molecule has 2 heterocycles. The fourth-order valence-electron chi connectivity index (χ4n) is 2.01. The number of nitrogens with zero attached hydrogens (tertiary/aromatic N) is 3. The molecule has 2 aromatic heterocycles. The molecule has 0 saturated heterocycles. The lowest BCUT2D eigenvalue weighted by atomic mass is 10.3. The van der Waals surface area contributed by atoms with E-state index in [1.54, 1.807) is 23.8 Å². The summed E-state index contributed by atoms with van der Waals surface area (Å²) in [6.45, 7) is 0. The van der Waals surface area contributed by atoms with E-state index in [0.717, 1.165) is 15.1 Å².